The van der Waals surface area contributed by atoms with Crippen LogP contribution in [0.3, 0.4) is 0 Å². The minimum Gasteiger partial charge on any atom is -0.494 e. The van der Waals surface area contributed by atoms with Crippen molar-refractivity contribution in [3.8, 4) is 11.5 Å². The molecule has 0 aliphatic carbocycles. The summed E-state index contributed by atoms with van der Waals surface area (Å²) in [6, 6.07) is 18.9. The van der Waals surface area contributed by atoms with Crippen molar-refractivity contribution in [1.29, 1.82) is 0 Å². The lowest BCUT2D eigenvalue weighted by molar-refractivity contribution is 0.0971. The Morgan fingerprint density at radius 2 is 1.61 bits per heavy atom. The first kappa shape index (κ1) is 23.9. The topological polar surface area (TPSA) is 69.0 Å². The third-order valence-corrected chi connectivity index (χ3v) is 6.46. The fourth-order valence-electron chi connectivity index (χ4n) is 4.48. The van der Waals surface area contributed by atoms with E-state index in [0.717, 1.165) is 24.2 Å². The van der Waals surface area contributed by atoms with Crippen molar-refractivity contribution in [3.63, 3.8) is 0 Å². The number of ether oxygens (including phenoxy) is 2. The van der Waals surface area contributed by atoms with Gasteiger partial charge in [0.1, 0.15) is 17.1 Å². The van der Waals surface area contributed by atoms with E-state index < -0.39 is 6.04 Å². The Kier molecular flexibility index (Phi) is 6.70. The first-order chi connectivity index (χ1) is 17.5. The summed E-state index contributed by atoms with van der Waals surface area (Å²) in [5.74, 6) is 1.10. The Morgan fingerprint density at radius 3 is 2.31 bits per heavy atom. The van der Waals surface area contributed by atoms with Gasteiger partial charge in [-0.3, -0.25) is 14.5 Å². The van der Waals surface area contributed by atoms with Crippen LogP contribution in [0.15, 0.2) is 75.9 Å². The van der Waals surface area contributed by atoms with E-state index in [-0.39, 0.29) is 17.1 Å². The number of anilines is 1. The van der Waals surface area contributed by atoms with Crippen molar-refractivity contribution >= 4 is 34.2 Å². The van der Waals surface area contributed by atoms with Crippen LogP contribution in [-0.4, -0.2) is 19.1 Å². The quantitative estimate of drug-likeness (QED) is 0.248. The van der Waals surface area contributed by atoms with E-state index in [1.807, 2.05) is 55.5 Å². The largest absolute Gasteiger partial charge is 0.494 e. The van der Waals surface area contributed by atoms with Crippen LogP contribution in [-0.2, 0) is 0 Å². The summed E-state index contributed by atoms with van der Waals surface area (Å²) < 4.78 is 17.4. The maximum atomic E-state index is 13.7. The van der Waals surface area contributed by atoms with Crippen LogP contribution in [0.5, 0.6) is 11.5 Å². The summed E-state index contributed by atoms with van der Waals surface area (Å²) in [4.78, 5) is 29.0. The van der Waals surface area contributed by atoms with Crippen LogP contribution < -0.4 is 19.8 Å². The molecule has 1 atom stereocenters. The number of carbonyl (C=O) groups is 1. The number of halogens is 1. The maximum absolute atomic E-state index is 13.7. The van der Waals surface area contributed by atoms with E-state index in [4.69, 9.17) is 25.5 Å². The lowest BCUT2D eigenvalue weighted by atomic mass is 9.98. The Morgan fingerprint density at radius 1 is 0.917 bits per heavy atom. The van der Waals surface area contributed by atoms with Gasteiger partial charge in [0.2, 0.25) is 5.76 Å². The van der Waals surface area contributed by atoms with E-state index in [1.54, 1.807) is 23.1 Å². The van der Waals surface area contributed by atoms with Gasteiger partial charge in [0.25, 0.3) is 5.91 Å². The first-order valence-corrected chi connectivity index (χ1v) is 12.4. The number of nitrogens with zero attached hydrogens (tertiary/aromatic N) is 1. The maximum Gasteiger partial charge on any atom is 0.295 e. The van der Waals surface area contributed by atoms with Gasteiger partial charge in [-0.15, -0.1) is 0 Å². The van der Waals surface area contributed by atoms with Crippen LogP contribution in [0.4, 0.5) is 5.69 Å². The van der Waals surface area contributed by atoms with E-state index in [9.17, 15) is 9.59 Å². The minimum absolute atomic E-state index is 0.0389. The van der Waals surface area contributed by atoms with Gasteiger partial charge in [-0.1, -0.05) is 37.1 Å². The predicted octanol–water partition coefficient (Wildman–Crippen LogP) is 6.77. The van der Waals surface area contributed by atoms with Gasteiger partial charge in [-0.25, -0.2) is 0 Å². The Bertz CT molecular complexity index is 1460. The normalized spacial score (nSPS) is 14.8. The molecule has 0 fully saturated rings. The molecular formula is C29H26ClNO5. The molecule has 1 aliphatic rings. The molecule has 0 bridgehead atoms. The van der Waals surface area contributed by atoms with E-state index in [0.29, 0.717) is 46.2 Å². The highest BCUT2D eigenvalue weighted by Crippen LogP contribution is 2.42. The van der Waals surface area contributed by atoms with Crippen LogP contribution in [0.1, 0.15) is 54.4 Å². The average molecular weight is 504 g/mol. The highest BCUT2D eigenvalue weighted by molar-refractivity contribution is 6.31. The predicted molar refractivity (Wildman–Crippen MR) is 141 cm³/mol. The smallest absolute Gasteiger partial charge is 0.295 e. The average Bonchev–Trinajstić information content (AvgIpc) is 3.18. The molecule has 7 heteroatoms. The van der Waals surface area contributed by atoms with Gasteiger partial charge in [-0.2, -0.15) is 0 Å². The fraction of sp³-hybridized carbons (Fsp3) is 0.241. The molecule has 0 spiro atoms. The standard InChI is InChI=1S/C29H26ClNO5/c1-3-5-16-35-22-11-6-18(7-12-22)26-25-27(32)23-17-19(30)8-15-24(23)36-28(25)29(33)31(26)20-9-13-21(14-10-20)34-4-2/h6-15,17,26H,3-5,16H2,1-2H3. The molecule has 1 aliphatic heterocycles. The van der Waals surface area contributed by atoms with Crippen molar-refractivity contribution in [2.24, 2.45) is 0 Å². The summed E-state index contributed by atoms with van der Waals surface area (Å²) in [5, 5.41) is 0.764. The van der Waals surface area contributed by atoms with Crippen molar-refractivity contribution in [2.75, 3.05) is 18.1 Å². The second kappa shape index (κ2) is 10.1. The SMILES string of the molecule is CCCCOc1ccc(C2c3c(oc4ccc(Cl)cc4c3=O)C(=O)N2c2ccc(OCC)cc2)cc1. The van der Waals surface area contributed by atoms with Crippen LogP contribution in [0, 0.1) is 0 Å². The molecule has 6 nitrogen and oxygen atoms in total. The zero-order valence-corrected chi connectivity index (χ0v) is 20.9. The Balaban J connectivity index is 1.64. The van der Waals surface area contributed by atoms with Crippen molar-refractivity contribution < 1.29 is 18.7 Å². The molecule has 2 heterocycles. The fourth-order valence-corrected chi connectivity index (χ4v) is 4.65. The molecule has 5 rings (SSSR count). The number of hydrogen-bond donors (Lipinski definition) is 0. The van der Waals surface area contributed by atoms with Gasteiger partial charge in [0.05, 0.1) is 30.2 Å². The van der Waals surface area contributed by atoms with Crippen molar-refractivity contribution in [2.45, 2.75) is 32.7 Å². The molecule has 0 saturated heterocycles. The van der Waals surface area contributed by atoms with Crippen molar-refractivity contribution in [3.05, 3.63) is 98.9 Å². The molecule has 0 N–H and O–H groups in total. The number of unbranched alkanes of at least 4 members (excludes halogenated alkanes) is 1. The molecule has 1 amide bonds. The zero-order chi connectivity index (χ0) is 25.2. The molecule has 1 aromatic heterocycles. The van der Waals surface area contributed by atoms with Gasteiger partial charge in [0, 0.05) is 10.7 Å². The molecule has 36 heavy (non-hydrogen) atoms. The van der Waals surface area contributed by atoms with Crippen LogP contribution in [0.2, 0.25) is 5.02 Å². The molecular weight excluding hydrogens is 478 g/mol. The number of rotatable bonds is 8. The number of benzene rings is 3. The summed E-state index contributed by atoms with van der Waals surface area (Å²) in [6.07, 6.45) is 2.01. The lowest BCUT2D eigenvalue weighted by Gasteiger charge is -2.25. The van der Waals surface area contributed by atoms with E-state index in [2.05, 4.69) is 6.92 Å². The highest BCUT2D eigenvalue weighted by atomic mass is 35.5. The number of amides is 1. The molecule has 0 saturated carbocycles. The van der Waals surface area contributed by atoms with E-state index in [1.165, 1.54) is 0 Å². The lowest BCUT2D eigenvalue weighted by Crippen LogP contribution is -2.29. The summed E-state index contributed by atoms with van der Waals surface area (Å²) >= 11 is 6.17. The second-order valence-electron chi connectivity index (χ2n) is 8.59. The number of hydrogen-bond acceptors (Lipinski definition) is 5. The van der Waals surface area contributed by atoms with Gasteiger partial charge < -0.3 is 13.9 Å². The summed E-state index contributed by atoms with van der Waals surface area (Å²) in [7, 11) is 0. The monoisotopic (exact) mass is 503 g/mol. The second-order valence-corrected chi connectivity index (χ2v) is 9.03. The Labute approximate surface area is 214 Å². The van der Waals surface area contributed by atoms with Gasteiger partial charge in [0.15, 0.2) is 5.43 Å². The van der Waals surface area contributed by atoms with E-state index >= 15 is 0 Å². The van der Waals surface area contributed by atoms with Crippen LogP contribution >= 0.6 is 11.6 Å². The molecule has 4 aromatic rings. The van der Waals surface area contributed by atoms with Gasteiger partial charge >= 0.3 is 0 Å². The third kappa shape index (κ3) is 4.33. The third-order valence-electron chi connectivity index (χ3n) is 6.22. The minimum atomic E-state index is -0.672. The Hall–Kier alpha value is -3.77. The van der Waals surface area contributed by atoms with Crippen LogP contribution in [0.25, 0.3) is 11.0 Å². The number of fused-ring (bicyclic) bond motifs is 2. The summed E-state index contributed by atoms with van der Waals surface area (Å²) in [5.41, 5.74) is 1.74. The molecule has 3 aromatic carbocycles. The van der Waals surface area contributed by atoms with Gasteiger partial charge in [-0.05, 0) is 73.5 Å². The first-order valence-electron chi connectivity index (χ1n) is 12.1. The zero-order valence-electron chi connectivity index (χ0n) is 20.1. The van der Waals surface area contributed by atoms with Crippen molar-refractivity contribution in [1.82, 2.24) is 0 Å². The summed E-state index contributed by atoms with van der Waals surface area (Å²) in [6.45, 7) is 5.19. The molecule has 0 radical (unpaired) electrons. The molecule has 184 valence electrons. The highest BCUT2D eigenvalue weighted by Gasteiger charge is 2.43. The number of carbonyl (C=O) groups excluding carboxylic acids is 1. The molecule has 1 unspecified atom stereocenters.